The van der Waals surface area contributed by atoms with Crippen molar-refractivity contribution >= 4 is 5.91 Å². The molecule has 1 atom stereocenters. The van der Waals surface area contributed by atoms with Gasteiger partial charge in [0.15, 0.2) is 0 Å². The molecule has 4 heteroatoms. The highest BCUT2D eigenvalue weighted by Crippen LogP contribution is 1.90. The average Bonchev–Trinajstić information content (AvgIpc) is 1.97. The van der Waals surface area contributed by atoms with Gasteiger partial charge < -0.3 is 16.8 Å². The molecule has 0 aromatic carbocycles. The van der Waals surface area contributed by atoms with Gasteiger partial charge in [0.25, 0.3) is 0 Å². The predicted molar refractivity (Wildman–Crippen MR) is 44.9 cm³/mol. The summed E-state index contributed by atoms with van der Waals surface area (Å²) in [4.78, 5) is 10.4. The summed E-state index contributed by atoms with van der Waals surface area (Å²) in [5.74, 6) is -0.0341. The minimum Gasteiger partial charge on any atom is -0.355 e. The van der Waals surface area contributed by atoms with Crippen LogP contribution in [0.3, 0.4) is 0 Å². The van der Waals surface area contributed by atoms with E-state index in [9.17, 15) is 4.79 Å². The molecule has 0 aromatic rings. The quantitative estimate of drug-likeness (QED) is 0.490. The normalized spacial score (nSPS) is 12.6. The van der Waals surface area contributed by atoms with Crippen molar-refractivity contribution in [3.63, 3.8) is 0 Å². The van der Waals surface area contributed by atoms with Crippen LogP contribution in [0.1, 0.15) is 19.8 Å². The second-order valence-corrected chi connectivity index (χ2v) is 2.63. The Labute approximate surface area is 67.3 Å². The van der Waals surface area contributed by atoms with Gasteiger partial charge in [-0.2, -0.15) is 0 Å². The number of rotatable bonds is 5. The lowest BCUT2D eigenvalue weighted by Crippen LogP contribution is -2.36. The molecule has 0 saturated heterocycles. The van der Waals surface area contributed by atoms with Crippen LogP contribution in [-0.4, -0.2) is 25.0 Å². The van der Waals surface area contributed by atoms with Crippen molar-refractivity contribution in [2.45, 2.75) is 25.8 Å². The number of carbonyl (C=O) groups is 1. The maximum absolute atomic E-state index is 10.4. The van der Waals surface area contributed by atoms with Crippen LogP contribution >= 0.6 is 0 Å². The lowest BCUT2D eigenvalue weighted by Gasteiger charge is -2.10. The minimum atomic E-state index is -0.0341. The Kier molecular flexibility index (Phi) is 5.78. The lowest BCUT2D eigenvalue weighted by molar-refractivity contribution is -0.119. The van der Waals surface area contributed by atoms with Gasteiger partial charge >= 0.3 is 0 Å². The molecule has 11 heavy (non-hydrogen) atoms. The number of nitrogens with two attached hydrogens (primary N) is 2. The summed E-state index contributed by atoms with van der Waals surface area (Å²) < 4.78 is 0. The second-order valence-electron chi connectivity index (χ2n) is 2.63. The van der Waals surface area contributed by atoms with Crippen molar-refractivity contribution in [3.8, 4) is 0 Å². The highest BCUT2D eigenvalue weighted by atomic mass is 16.1. The molecule has 1 amide bonds. The zero-order valence-electron chi connectivity index (χ0n) is 6.97. The summed E-state index contributed by atoms with van der Waals surface area (Å²) >= 11 is 0. The monoisotopic (exact) mass is 159 g/mol. The van der Waals surface area contributed by atoms with Gasteiger partial charge in [0.1, 0.15) is 0 Å². The minimum absolute atomic E-state index is 0.0341. The molecule has 0 aromatic heterocycles. The van der Waals surface area contributed by atoms with Crippen LogP contribution in [0.25, 0.3) is 0 Å². The van der Waals surface area contributed by atoms with Crippen molar-refractivity contribution < 1.29 is 4.79 Å². The van der Waals surface area contributed by atoms with E-state index < -0.39 is 0 Å². The van der Waals surface area contributed by atoms with Gasteiger partial charge in [-0.1, -0.05) is 0 Å². The fourth-order valence-corrected chi connectivity index (χ4v) is 0.757. The highest BCUT2D eigenvalue weighted by molar-refractivity contribution is 5.72. The van der Waals surface area contributed by atoms with Crippen LogP contribution in [0.2, 0.25) is 0 Å². The van der Waals surface area contributed by atoms with Gasteiger partial charge in [-0.15, -0.1) is 0 Å². The first-order chi connectivity index (χ1) is 5.16. The molecule has 0 aliphatic rings. The fourth-order valence-electron chi connectivity index (χ4n) is 0.757. The van der Waals surface area contributed by atoms with E-state index in [4.69, 9.17) is 11.5 Å². The molecule has 0 aliphatic heterocycles. The molecular formula is C7H17N3O. The summed E-state index contributed by atoms with van der Waals surface area (Å²) in [5.41, 5.74) is 10.9. The van der Waals surface area contributed by atoms with Crippen LogP contribution in [-0.2, 0) is 4.79 Å². The maximum Gasteiger partial charge on any atom is 0.216 e. The first-order valence-corrected chi connectivity index (χ1v) is 3.87. The summed E-state index contributed by atoms with van der Waals surface area (Å²) in [5, 5.41) is 2.65. The first kappa shape index (κ1) is 10.4. The van der Waals surface area contributed by atoms with E-state index in [0.717, 1.165) is 12.8 Å². The van der Waals surface area contributed by atoms with Gasteiger partial charge in [-0.25, -0.2) is 0 Å². The number of hydrogen-bond acceptors (Lipinski definition) is 3. The van der Waals surface area contributed by atoms with E-state index in [0.29, 0.717) is 13.1 Å². The Morgan fingerprint density at radius 2 is 2.27 bits per heavy atom. The summed E-state index contributed by atoms with van der Waals surface area (Å²) in [6.07, 6.45) is 1.79. The largest absolute Gasteiger partial charge is 0.355 e. The molecule has 4 nitrogen and oxygen atoms in total. The SMILES string of the molecule is CC(=O)NC[C@H](N)CCCN. The van der Waals surface area contributed by atoms with E-state index in [1.54, 1.807) is 0 Å². The molecule has 0 saturated carbocycles. The Bertz CT molecular complexity index is 116. The second kappa shape index (κ2) is 6.12. The van der Waals surface area contributed by atoms with Crippen molar-refractivity contribution in [2.75, 3.05) is 13.1 Å². The average molecular weight is 159 g/mol. The third-order valence-corrected chi connectivity index (χ3v) is 1.39. The van der Waals surface area contributed by atoms with Gasteiger partial charge in [-0.05, 0) is 19.4 Å². The lowest BCUT2D eigenvalue weighted by atomic mass is 10.2. The van der Waals surface area contributed by atoms with Gasteiger partial charge in [0.2, 0.25) is 5.91 Å². The Morgan fingerprint density at radius 3 is 2.73 bits per heavy atom. The van der Waals surface area contributed by atoms with E-state index in [1.807, 2.05) is 0 Å². The number of amides is 1. The Balaban J connectivity index is 3.22. The van der Waals surface area contributed by atoms with E-state index in [-0.39, 0.29) is 11.9 Å². The maximum atomic E-state index is 10.4. The van der Waals surface area contributed by atoms with Crippen molar-refractivity contribution in [3.05, 3.63) is 0 Å². The van der Waals surface area contributed by atoms with Crippen LogP contribution in [0.5, 0.6) is 0 Å². The third-order valence-electron chi connectivity index (χ3n) is 1.39. The standard InChI is InChI=1S/C7H17N3O/c1-6(11)10-5-7(9)3-2-4-8/h7H,2-5,8-9H2,1H3,(H,10,11)/t7-/m1/s1. The molecule has 66 valence electrons. The molecule has 0 heterocycles. The molecule has 0 spiro atoms. The first-order valence-electron chi connectivity index (χ1n) is 3.87. The Hall–Kier alpha value is -0.610. The molecule has 0 unspecified atom stereocenters. The zero-order chi connectivity index (χ0) is 8.69. The fraction of sp³-hybridized carbons (Fsp3) is 0.857. The predicted octanol–water partition coefficient (Wildman–Crippen LogP) is -0.811. The van der Waals surface area contributed by atoms with Crippen LogP contribution in [0, 0.1) is 0 Å². The zero-order valence-corrected chi connectivity index (χ0v) is 6.97. The smallest absolute Gasteiger partial charge is 0.216 e. The summed E-state index contributed by atoms with van der Waals surface area (Å²) in [7, 11) is 0. The van der Waals surface area contributed by atoms with E-state index >= 15 is 0 Å². The van der Waals surface area contributed by atoms with E-state index in [1.165, 1.54) is 6.92 Å². The molecular weight excluding hydrogens is 142 g/mol. The molecule has 5 N–H and O–H groups in total. The van der Waals surface area contributed by atoms with Crippen molar-refractivity contribution in [1.82, 2.24) is 5.32 Å². The molecule has 0 bridgehead atoms. The molecule has 0 radical (unpaired) electrons. The number of carbonyl (C=O) groups excluding carboxylic acids is 1. The Morgan fingerprint density at radius 1 is 1.64 bits per heavy atom. The molecule has 0 fully saturated rings. The topological polar surface area (TPSA) is 81.1 Å². The summed E-state index contributed by atoms with van der Waals surface area (Å²) in [6.45, 7) is 2.69. The van der Waals surface area contributed by atoms with E-state index in [2.05, 4.69) is 5.32 Å². The van der Waals surface area contributed by atoms with Gasteiger partial charge in [-0.3, -0.25) is 4.79 Å². The third kappa shape index (κ3) is 7.29. The molecule has 0 rings (SSSR count). The van der Waals surface area contributed by atoms with Crippen molar-refractivity contribution in [1.29, 1.82) is 0 Å². The number of nitrogens with one attached hydrogen (secondary N) is 1. The summed E-state index contributed by atoms with van der Waals surface area (Å²) in [6, 6.07) is 0.0439. The van der Waals surface area contributed by atoms with Crippen LogP contribution in [0.15, 0.2) is 0 Å². The number of hydrogen-bond donors (Lipinski definition) is 3. The van der Waals surface area contributed by atoms with Crippen molar-refractivity contribution in [2.24, 2.45) is 11.5 Å². The highest BCUT2D eigenvalue weighted by Gasteiger charge is 2.01. The van der Waals surface area contributed by atoms with Crippen LogP contribution < -0.4 is 16.8 Å². The molecule has 0 aliphatic carbocycles. The van der Waals surface area contributed by atoms with Gasteiger partial charge in [0.05, 0.1) is 0 Å². The van der Waals surface area contributed by atoms with Crippen LogP contribution in [0.4, 0.5) is 0 Å². The van der Waals surface area contributed by atoms with Gasteiger partial charge in [0, 0.05) is 19.5 Å².